The molecule has 0 aromatic heterocycles. The van der Waals surface area contributed by atoms with Gasteiger partial charge in [-0.3, -0.25) is 9.59 Å². The lowest BCUT2D eigenvalue weighted by Crippen LogP contribution is -2.24. The van der Waals surface area contributed by atoms with Crippen molar-refractivity contribution < 1.29 is 45.4 Å². The van der Waals surface area contributed by atoms with E-state index < -0.39 is 34.9 Å². The molecule has 0 spiro atoms. The van der Waals surface area contributed by atoms with Crippen LogP contribution in [0.5, 0.6) is 0 Å². The van der Waals surface area contributed by atoms with E-state index in [0.29, 0.717) is 54.9 Å². The van der Waals surface area contributed by atoms with Gasteiger partial charge in [-0.15, -0.1) is 6.58 Å². The van der Waals surface area contributed by atoms with E-state index in [1.54, 1.807) is 0 Å². The second kappa shape index (κ2) is 22.2. The third kappa shape index (κ3) is 14.1. The molecule has 2 aliphatic rings. The zero-order chi connectivity index (χ0) is 38.2. The number of hydrogen-bond acceptors (Lipinski definition) is 4. The Bertz CT molecular complexity index is 1310. The highest BCUT2D eigenvalue weighted by molar-refractivity contribution is 5.72. The van der Waals surface area contributed by atoms with Crippen LogP contribution in [-0.2, 0) is 31.9 Å². The molecule has 0 saturated heterocycles. The molecule has 0 radical (unpaired) electrons. The van der Waals surface area contributed by atoms with Crippen LogP contribution in [0.4, 0.5) is 26.3 Å². The molecule has 0 atom stereocenters. The van der Waals surface area contributed by atoms with Crippen LogP contribution in [0.3, 0.4) is 0 Å². The minimum absolute atomic E-state index is 0.100. The van der Waals surface area contributed by atoms with Crippen LogP contribution < -0.4 is 0 Å². The fourth-order valence-corrected chi connectivity index (χ4v) is 7.95. The molecule has 4 nitrogen and oxygen atoms in total. The first-order valence-corrected chi connectivity index (χ1v) is 19.8. The van der Waals surface area contributed by atoms with Crippen molar-refractivity contribution in [3.63, 3.8) is 0 Å². The second-order valence-electron chi connectivity index (χ2n) is 15.3. The first-order valence-electron chi connectivity index (χ1n) is 19.8. The number of ether oxygens (including phenoxy) is 2. The standard InChI is InChI=1S/C43H56F6O4/c1-2-29(9-5-3-7-23-52-42(50)34-19-15-30(16-20-34)11-13-32-25-36(44)40(48)37(45)26-32)10-6-4-8-24-53-43(51)35-21-17-31(18-22-35)12-14-33-27-38(46)41(49)39(47)28-33/h2,25-31,34-35H,1,3-24H2. The Morgan fingerprint density at radius 1 is 0.585 bits per heavy atom. The number of esters is 2. The molecule has 294 valence electrons. The minimum Gasteiger partial charge on any atom is -0.465 e. The number of rotatable bonds is 21. The van der Waals surface area contributed by atoms with Gasteiger partial charge in [0.15, 0.2) is 34.9 Å². The van der Waals surface area contributed by atoms with E-state index in [2.05, 4.69) is 6.58 Å². The zero-order valence-electron chi connectivity index (χ0n) is 30.9. The van der Waals surface area contributed by atoms with Crippen molar-refractivity contribution in [3.8, 4) is 0 Å². The van der Waals surface area contributed by atoms with Crippen molar-refractivity contribution in [1.82, 2.24) is 0 Å². The van der Waals surface area contributed by atoms with E-state index in [0.717, 1.165) is 140 Å². The van der Waals surface area contributed by atoms with Gasteiger partial charge in [0.25, 0.3) is 0 Å². The Morgan fingerprint density at radius 3 is 1.28 bits per heavy atom. The molecule has 0 unspecified atom stereocenters. The molecule has 10 heteroatoms. The fourth-order valence-electron chi connectivity index (χ4n) is 7.95. The van der Waals surface area contributed by atoms with Gasteiger partial charge in [0.2, 0.25) is 0 Å². The molecule has 53 heavy (non-hydrogen) atoms. The van der Waals surface area contributed by atoms with Crippen LogP contribution in [0.25, 0.3) is 0 Å². The molecule has 2 aliphatic carbocycles. The molecule has 2 aromatic carbocycles. The third-order valence-corrected chi connectivity index (χ3v) is 11.4. The van der Waals surface area contributed by atoms with Gasteiger partial charge in [0, 0.05) is 0 Å². The molecule has 2 fully saturated rings. The zero-order valence-corrected chi connectivity index (χ0v) is 30.9. The van der Waals surface area contributed by atoms with Crippen molar-refractivity contribution >= 4 is 11.9 Å². The summed E-state index contributed by atoms with van der Waals surface area (Å²) in [6.45, 7) is 4.84. The van der Waals surface area contributed by atoms with Crippen LogP contribution >= 0.6 is 0 Å². The summed E-state index contributed by atoms with van der Waals surface area (Å²) < 4.78 is 91.4. The van der Waals surface area contributed by atoms with Crippen molar-refractivity contribution in [2.45, 2.75) is 128 Å². The summed E-state index contributed by atoms with van der Waals surface area (Å²) in [4.78, 5) is 25.2. The maximum atomic E-state index is 13.5. The normalized spacial score (nSPS) is 20.9. The van der Waals surface area contributed by atoms with Gasteiger partial charge in [-0.1, -0.05) is 31.8 Å². The van der Waals surface area contributed by atoms with E-state index >= 15 is 0 Å². The van der Waals surface area contributed by atoms with Crippen LogP contribution in [0.15, 0.2) is 36.9 Å². The van der Waals surface area contributed by atoms with Crippen molar-refractivity contribution in [1.29, 1.82) is 0 Å². The van der Waals surface area contributed by atoms with Gasteiger partial charge < -0.3 is 9.47 Å². The van der Waals surface area contributed by atoms with Crippen LogP contribution in [0.1, 0.15) is 127 Å². The molecule has 0 bridgehead atoms. The fraction of sp³-hybridized carbons (Fsp3) is 0.628. The molecule has 0 aliphatic heterocycles. The maximum Gasteiger partial charge on any atom is 0.308 e. The summed E-state index contributed by atoms with van der Waals surface area (Å²) in [5.41, 5.74) is 0.901. The molecule has 4 rings (SSSR count). The second-order valence-corrected chi connectivity index (χ2v) is 15.3. The van der Waals surface area contributed by atoms with Gasteiger partial charge in [0.1, 0.15) is 0 Å². The van der Waals surface area contributed by atoms with E-state index in [4.69, 9.17) is 9.47 Å². The van der Waals surface area contributed by atoms with Gasteiger partial charge in [-0.25, -0.2) is 26.3 Å². The summed E-state index contributed by atoms with van der Waals surface area (Å²) in [5.74, 6) is -6.84. The predicted molar refractivity (Wildman–Crippen MR) is 193 cm³/mol. The van der Waals surface area contributed by atoms with Gasteiger partial charge in [-0.2, -0.15) is 0 Å². The van der Waals surface area contributed by atoms with Crippen molar-refractivity contribution in [3.05, 3.63) is 83.0 Å². The summed E-state index contributed by atoms with van der Waals surface area (Å²) in [7, 11) is 0. The van der Waals surface area contributed by atoms with E-state index in [1.165, 1.54) is 0 Å². The predicted octanol–water partition coefficient (Wildman–Crippen LogP) is 11.7. The number of carbonyl (C=O) groups excluding carboxylic acids is 2. The molecule has 0 N–H and O–H groups in total. The quantitative estimate of drug-likeness (QED) is 0.0419. The SMILES string of the molecule is C=CC(CCCCCOC(=O)C1CCC(CCc2cc(F)c(F)c(F)c2)CC1)CCCCCOC(=O)C1CCC(CCc2cc(F)c(F)c(F)c2)CC1. The number of benzene rings is 2. The van der Waals surface area contributed by atoms with Gasteiger partial charge >= 0.3 is 11.9 Å². The highest BCUT2D eigenvalue weighted by Crippen LogP contribution is 2.34. The highest BCUT2D eigenvalue weighted by Gasteiger charge is 2.28. The van der Waals surface area contributed by atoms with Crippen molar-refractivity contribution in [2.75, 3.05) is 13.2 Å². The lowest BCUT2D eigenvalue weighted by molar-refractivity contribution is -0.151. The molecular formula is C43H56F6O4. The average molecular weight is 751 g/mol. The van der Waals surface area contributed by atoms with Crippen LogP contribution in [-0.4, -0.2) is 25.2 Å². The first-order chi connectivity index (χ1) is 25.5. The van der Waals surface area contributed by atoms with Gasteiger partial charge in [0.05, 0.1) is 25.0 Å². The van der Waals surface area contributed by atoms with Crippen LogP contribution in [0, 0.1) is 64.5 Å². The van der Waals surface area contributed by atoms with E-state index in [9.17, 15) is 35.9 Å². The Labute approximate surface area is 311 Å². The minimum atomic E-state index is -1.44. The average Bonchev–Trinajstić information content (AvgIpc) is 3.16. The Balaban J connectivity index is 0.954. The molecule has 2 saturated carbocycles. The lowest BCUT2D eigenvalue weighted by atomic mass is 9.79. The number of aryl methyl sites for hydroxylation is 2. The summed E-state index contributed by atoms with van der Waals surface area (Å²) in [6, 6.07) is 4.23. The smallest absolute Gasteiger partial charge is 0.308 e. The van der Waals surface area contributed by atoms with Crippen LogP contribution in [0.2, 0.25) is 0 Å². The molecule has 0 amide bonds. The summed E-state index contributed by atoms with van der Waals surface area (Å²) in [5, 5.41) is 0. The van der Waals surface area contributed by atoms with Gasteiger partial charge in [-0.05, 0) is 156 Å². The summed E-state index contributed by atoms with van der Waals surface area (Å²) >= 11 is 0. The number of carbonyl (C=O) groups is 2. The number of halogens is 6. The number of unbranched alkanes of at least 4 members (excludes halogenated alkanes) is 4. The number of allylic oxidation sites excluding steroid dienone is 1. The highest BCUT2D eigenvalue weighted by atomic mass is 19.2. The first kappa shape index (κ1) is 42.4. The Hall–Kier alpha value is -3.30. The Morgan fingerprint density at radius 2 is 0.943 bits per heavy atom. The topological polar surface area (TPSA) is 52.6 Å². The summed E-state index contributed by atoms with van der Waals surface area (Å²) in [6.07, 6.45) is 18.6. The monoisotopic (exact) mass is 750 g/mol. The molecule has 0 heterocycles. The Kier molecular flexibility index (Phi) is 17.8. The largest absolute Gasteiger partial charge is 0.465 e. The maximum absolute atomic E-state index is 13.5. The third-order valence-electron chi connectivity index (χ3n) is 11.4. The lowest BCUT2D eigenvalue weighted by Gasteiger charge is -2.27. The molecular weight excluding hydrogens is 694 g/mol. The van der Waals surface area contributed by atoms with E-state index in [1.807, 2.05) is 6.08 Å². The number of hydrogen-bond donors (Lipinski definition) is 0. The van der Waals surface area contributed by atoms with Crippen molar-refractivity contribution in [2.24, 2.45) is 29.6 Å². The molecule has 2 aromatic rings. The van der Waals surface area contributed by atoms with E-state index in [-0.39, 0.29) is 23.8 Å².